The fraction of sp³-hybridized carbons (Fsp3) is 0.417. The van der Waals surface area contributed by atoms with E-state index in [2.05, 4.69) is 20.9 Å². The topological polar surface area (TPSA) is 50.3 Å². The van der Waals surface area contributed by atoms with Crippen LogP contribution >= 0.6 is 27.7 Å². The molecule has 1 amide bonds. The lowest BCUT2D eigenvalue weighted by Gasteiger charge is -2.16. The number of hydrogen-bond acceptors (Lipinski definition) is 4. The van der Waals surface area contributed by atoms with Gasteiger partial charge in [0.2, 0.25) is 5.91 Å². The molecule has 1 saturated heterocycles. The molecule has 1 fully saturated rings. The second-order valence-corrected chi connectivity index (χ2v) is 6.49. The third-order valence-electron chi connectivity index (χ3n) is 2.67. The molecule has 0 radical (unpaired) electrons. The number of nitrogens with zero attached hydrogens (tertiary/aromatic N) is 2. The maximum absolute atomic E-state index is 11.8. The molecule has 2 heterocycles. The molecule has 2 rings (SSSR count). The molecule has 0 spiro atoms. The fourth-order valence-electron chi connectivity index (χ4n) is 1.92. The average Bonchev–Trinajstić information content (AvgIpc) is 2.61. The summed E-state index contributed by atoms with van der Waals surface area (Å²) in [6, 6.07) is 3.80. The Balaban J connectivity index is 1.96. The van der Waals surface area contributed by atoms with Crippen LogP contribution in [-0.4, -0.2) is 32.7 Å². The Bertz CT molecular complexity index is 464. The van der Waals surface area contributed by atoms with Gasteiger partial charge >= 0.3 is 0 Å². The molecule has 18 heavy (non-hydrogen) atoms. The molecule has 6 heteroatoms. The number of carbonyl (C=O) groups is 2. The van der Waals surface area contributed by atoms with E-state index in [0.717, 1.165) is 10.2 Å². The summed E-state index contributed by atoms with van der Waals surface area (Å²) in [4.78, 5) is 28.8. The summed E-state index contributed by atoms with van der Waals surface area (Å²) >= 11 is 4.53. The van der Waals surface area contributed by atoms with Crippen LogP contribution < -0.4 is 0 Å². The molecule has 96 valence electrons. The molecule has 0 bridgehead atoms. The number of halogens is 1. The number of hydrogen-bond donors (Lipinski definition) is 0. The van der Waals surface area contributed by atoms with Crippen LogP contribution in [0.2, 0.25) is 0 Å². The average molecular weight is 329 g/mol. The molecule has 1 atom stereocenters. The quantitative estimate of drug-likeness (QED) is 0.798. The van der Waals surface area contributed by atoms with Crippen molar-refractivity contribution in [3.8, 4) is 0 Å². The van der Waals surface area contributed by atoms with Crippen molar-refractivity contribution < 1.29 is 9.59 Å². The molecule has 1 aliphatic heterocycles. The first-order valence-electron chi connectivity index (χ1n) is 5.60. The van der Waals surface area contributed by atoms with Gasteiger partial charge in [0.1, 0.15) is 4.60 Å². The van der Waals surface area contributed by atoms with E-state index in [1.165, 1.54) is 18.7 Å². The van der Waals surface area contributed by atoms with Gasteiger partial charge in [-0.25, -0.2) is 4.98 Å². The zero-order valence-electron chi connectivity index (χ0n) is 9.93. The van der Waals surface area contributed by atoms with Gasteiger partial charge in [0.25, 0.3) is 0 Å². The van der Waals surface area contributed by atoms with Crippen LogP contribution in [-0.2, 0) is 16.1 Å². The van der Waals surface area contributed by atoms with Gasteiger partial charge < -0.3 is 4.90 Å². The maximum Gasteiger partial charge on any atom is 0.224 e. The first-order chi connectivity index (χ1) is 8.54. The van der Waals surface area contributed by atoms with Gasteiger partial charge in [0.15, 0.2) is 5.12 Å². The zero-order valence-corrected chi connectivity index (χ0v) is 12.3. The SMILES string of the molecule is CC(=O)SC1CC(=O)N(Cc2ccc(Br)nc2)C1. The highest BCUT2D eigenvalue weighted by molar-refractivity contribution is 9.10. The highest BCUT2D eigenvalue weighted by Crippen LogP contribution is 2.25. The van der Waals surface area contributed by atoms with Gasteiger partial charge in [-0.15, -0.1) is 0 Å². The number of amides is 1. The summed E-state index contributed by atoms with van der Waals surface area (Å²) in [5.41, 5.74) is 1.00. The number of likely N-dealkylation sites (tertiary alicyclic amines) is 1. The monoisotopic (exact) mass is 328 g/mol. The van der Waals surface area contributed by atoms with Gasteiger partial charge in [0, 0.05) is 37.9 Å². The van der Waals surface area contributed by atoms with Crippen molar-refractivity contribution >= 4 is 38.7 Å². The van der Waals surface area contributed by atoms with E-state index in [0.29, 0.717) is 19.5 Å². The van der Waals surface area contributed by atoms with Crippen molar-refractivity contribution in [1.82, 2.24) is 9.88 Å². The van der Waals surface area contributed by atoms with E-state index in [9.17, 15) is 9.59 Å². The van der Waals surface area contributed by atoms with E-state index in [1.807, 2.05) is 12.1 Å². The fourth-order valence-corrected chi connectivity index (χ4v) is 3.11. The van der Waals surface area contributed by atoms with Gasteiger partial charge in [0.05, 0.1) is 0 Å². The van der Waals surface area contributed by atoms with Gasteiger partial charge in [-0.1, -0.05) is 17.8 Å². The minimum Gasteiger partial charge on any atom is -0.337 e. The number of pyridine rings is 1. The number of rotatable bonds is 3. The zero-order chi connectivity index (χ0) is 13.1. The molecule has 0 aliphatic carbocycles. The van der Waals surface area contributed by atoms with Crippen molar-refractivity contribution in [1.29, 1.82) is 0 Å². The van der Waals surface area contributed by atoms with Crippen molar-refractivity contribution in [2.24, 2.45) is 0 Å². The molecule has 0 aromatic carbocycles. The van der Waals surface area contributed by atoms with Crippen LogP contribution in [0.15, 0.2) is 22.9 Å². The highest BCUT2D eigenvalue weighted by Gasteiger charge is 2.30. The number of aromatic nitrogens is 1. The summed E-state index contributed by atoms with van der Waals surface area (Å²) in [6.07, 6.45) is 2.21. The Kier molecular flexibility index (Phi) is 4.40. The second kappa shape index (κ2) is 5.84. The van der Waals surface area contributed by atoms with E-state index in [1.54, 1.807) is 11.1 Å². The third kappa shape index (κ3) is 3.55. The van der Waals surface area contributed by atoms with Crippen molar-refractivity contribution in [2.45, 2.75) is 25.1 Å². The van der Waals surface area contributed by atoms with E-state index >= 15 is 0 Å². The Morgan fingerprint density at radius 2 is 2.39 bits per heavy atom. The Morgan fingerprint density at radius 3 is 3.00 bits per heavy atom. The normalized spacial score (nSPS) is 19.3. The minimum absolute atomic E-state index is 0.0694. The van der Waals surface area contributed by atoms with Crippen LogP contribution in [0.1, 0.15) is 18.9 Å². The van der Waals surface area contributed by atoms with Crippen LogP contribution in [0.25, 0.3) is 0 Å². The van der Waals surface area contributed by atoms with Crippen molar-refractivity contribution in [3.63, 3.8) is 0 Å². The minimum atomic E-state index is 0.0694. The molecule has 0 saturated carbocycles. The molecule has 1 unspecified atom stereocenters. The van der Waals surface area contributed by atoms with E-state index in [-0.39, 0.29) is 16.3 Å². The van der Waals surface area contributed by atoms with E-state index < -0.39 is 0 Å². The lowest BCUT2D eigenvalue weighted by molar-refractivity contribution is -0.128. The molecular formula is C12H13BrN2O2S. The molecule has 1 aromatic heterocycles. The van der Waals surface area contributed by atoms with Crippen LogP contribution in [0.4, 0.5) is 0 Å². The van der Waals surface area contributed by atoms with Gasteiger partial charge in [-0.05, 0) is 27.6 Å². The molecule has 1 aromatic rings. The van der Waals surface area contributed by atoms with E-state index in [4.69, 9.17) is 0 Å². The van der Waals surface area contributed by atoms with Crippen molar-refractivity contribution in [3.05, 3.63) is 28.5 Å². The second-order valence-electron chi connectivity index (χ2n) is 4.20. The summed E-state index contributed by atoms with van der Waals surface area (Å²) in [5, 5.41) is 0.165. The summed E-state index contributed by atoms with van der Waals surface area (Å²) in [5.74, 6) is 0.108. The largest absolute Gasteiger partial charge is 0.337 e. The predicted octanol–water partition coefficient (Wildman–Crippen LogP) is 2.22. The lowest BCUT2D eigenvalue weighted by Crippen LogP contribution is -2.25. The summed E-state index contributed by atoms with van der Waals surface area (Å²) in [6.45, 7) is 2.74. The molecule has 1 aliphatic rings. The summed E-state index contributed by atoms with van der Waals surface area (Å²) < 4.78 is 0.781. The summed E-state index contributed by atoms with van der Waals surface area (Å²) in [7, 11) is 0. The van der Waals surface area contributed by atoms with Crippen molar-refractivity contribution in [2.75, 3.05) is 6.54 Å². The van der Waals surface area contributed by atoms with Crippen LogP contribution in [0, 0.1) is 0 Å². The standard InChI is InChI=1S/C12H13BrN2O2S/c1-8(16)18-10-4-12(17)15(7-10)6-9-2-3-11(13)14-5-9/h2-3,5,10H,4,6-7H2,1H3. The predicted molar refractivity (Wildman–Crippen MR) is 74.0 cm³/mol. The number of thioether (sulfide) groups is 1. The highest BCUT2D eigenvalue weighted by atomic mass is 79.9. The van der Waals surface area contributed by atoms with Crippen LogP contribution in [0.3, 0.4) is 0 Å². The lowest BCUT2D eigenvalue weighted by atomic mass is 10.3. The molecular weight excluding hydrogens is 316 g/mol. The maximum atomic E-state index is 11.8. The number of carbonyl (C=O) groups excluding carboxylic acids is 2. The molecule has 0 N–H and O–H groups in total. The van der Waals surface area contributed by atoms with Crippen LogP contribution in [0.5, 0.6) is 0 Å². The first kappa shape index (κ1) is 13.5. The third-order valence-corrected chi connectivity index (χ3v) is 4.12. The first-order valence-corrected chi connectivity index (χ1v) is 7.27. The van der Waals surface area contributed by atoms with Gasteiger partial charge in [-0.2, -0.15) is 0 Å². The molecule has 4 nitrogen and oxygen atoms in total. The Hall–Kier alpha value is -0.880. The van der Waals surface area contributed by atoms with Gasteiger partial charge in [-0.3, -0.25) is 9.59 Å². The Morgan fingerprint density at radius 1 is 1.61 bits per heavy atom. The Labute approximate surface area is 118 Å². The smallest absolute Gasteiger partial charge is 0.224 e.